The molecule has 1 aromatic heterocycles. The van der Waals surface area contributed by atoms with Gasteiger partial charge in [0.25, 0.3) is 0 Å². The van der Waals surface area contributed by atoms with Crippen LogP contribution in [0.2, 0.25) is 5.15 Å². The van der Waals surface area contributed by atoms with E-state index in [1.807, 2.05) is 6.07 Å². The van der Waals surface area contributed by atoms with Gasteiger partial charge < -0.3 is 0 Å². The predicted molar refractivity (Wildman–Crippen MR) is 75.7 cm³/mol. The molecule has 2 aromatic rings. The van der Waals surface area contributed by atoms with Gasteiger partial charge in [-0.3, -0.25) is 0 Å². The van der Waals surface area contributed by atoms with Crippen LogP contribution in [0.5, 0.6) is 0 Å². The summed E-state index contributed by atoms with van der Waals surface area (Å²) in [7, 11) is 0. The second-order valence-corrected chi connectivity index (χ2v) is 5.45. The van der Waals surface area contributed by atoms with E-state index in [0.717, 1.165) is 12.1 Å². The molecule has 0 amide bonds. The van der Waals surface area contributed by atoms with Crippen molar-refractivity contribution in [2.45, 2.75) is 27.2 Å². The molecule has 0 aliphatic carbocycles. The third kappa shape index (κ3) is 3.51. The maximum Gasteiger partial charge on any atom is 0.161 e. The van der Waals surface area contributed by atoms with Crippen LogP contribution < -0.4 is 0 Å². The number of halogens is 2. The van der Waals surface area contributed by atoms with E-state index >= 15 is 0 Å². The second-order valence-electron chi connectivity index (χ2n) is 5.07. The number of rotatable bonds is 3. The molecule has 100 valence electrons. The van der Waals surface area contributed by atoms with Crippen molar-refractivity contribution in [1.29, 1.82) is 0 Å². The minimum absolute atomic E-state index is 0.258. The number of hydrogen-bond acceptors (Lipinski definition) is 2. The van der Waals surface area contributed by atoms with Crippen molar-refractivity contribution >= 4 is 11.6 Å². The van der Waals surface area contributed by atoms with Gasteiger partial charge in [0.15, 0.2) is 5.82 Å². The molecule has 2 nitrogen and oxygen atoms in total. The molecule has 1 heterocycles. The van der Waals surface area contributed by atoms with E-state index in [0.29, 0.717) is 28.0 Å². The van der Waals surface area contributed by atoms with Gasteiger partial charge in [-0.15, -0.1) is 0 Å². The van der Waals surface area contributed by atoms with Crippen molar-refractivity contribution in [2.24, 2.45) is 5.92 Å². The van der Waals surface area contributed by atoms with Crippen LogP contribution in [-0.2, 0) is 6.42 Å². The highest BCUT2D eigenvalue weighted by Crippen LogP contribution is 2.21. The predicted octanol–water partition coefficient (Wildman–Crippen LogP) is 4.44. The van der Waals surface area contributed by atoms with E-state index in [1.54, 1.807) is 19.1 Å². The summed E-state index contributed by atoms with van der Waals surface area (Å²) in [6.45, 7) is 5.95. The molecule has 0 aliphatic rings. The molecule has 0 saturated carbocycles. The molecule has 0 radical (unpaired) electrons. The van der Waals surface area contributed by atoms with Gasteiger partial charge >= 0.3 is 0 Å². The van der Waals surface area contributed by atoms with Gasteiger partial charge in [0.1, 0.15) is 11.0 Å². The van der Waals surface area contributed by atoms with E-state index in [4.69, 9.17) is 11.6 Å². The van der Waals surface area contributed by atoms with E-state index in [9.17, 15) is 4.39 Å². The molecule has 19 heavy (non-hydrogen) atoms. The summed E-state index contributed by atoms with van der Waals surface area (Å²) in [6.07, 6.45) is 0.823. The number of hydrogen-bond donors (Lipinski definition) is 0. The maximum atomic E-state index is 13.6. The van der Waals surface area contributed by atoms with Gasteiger partial charge in [-0.2, -0.15) is 0 Å². The highest BCUT2D eigenvalue weighted by Gasteiger charge is 2.09. The fourth-order valence-corrected chi connectivity index (χ4v) is 2.05. The lowest BCUT2D eigenvalue weighted by molar-refractivity contribution is 0.618. The zero-order chi connectivity index (χ0) is 14.0. The van der Waals surface area contributed by atoms with Crippen LogP contribution in [0.4, 0.5) is 4.39 Å². The van der Waals surface area contributed by atoms with E-state index in [-0.39, 0.29) is 5.82 Å². The first-order valence-electron chi connectivity index (χ1n) is 6.25. The first-order chi connectivity index (χ1) is 8.95. The molecule has 0 N–H and O–H groups in total. The minimum Gasteiger partial charge on any atom is -0.233 e. The highest BCUT2D eigenvalue weighted by atomic mass is 35.5. The average Bonchev–Trinajstić information content (AvgIpc) is 2.31. The second kappa shape index (κ2) is 5.66. The van der Waals surface area contributed by atoms with Crippen molar-refractivity contribution in [1.82, 2.24) is 9.97 Å². The topological polar surface area (TPSA) is 25.8 Å². The molecule has 0 fully saturated rings. The lowest BCUT2D eigenvalue weighted by Crippen LogP contribution is -2.01. The molecule has 0 saturated heterocycles. The van der Waals surface area contributed by atoms with Gasteiger partial charge in [-0.05, 0) is 37.0 Å². The van der Waals surface area contributed by atoms with Crippen LogP contribution in [0.1, 0.15) is 25.1 Å². The fourth-order valence-electron chi connectivity index (χ4n) is 1.85. The average molecular weight is 279 g/mol. The van der Waals surface area contributed by atoms with Gasteiger partial charge in [-0.25, -0.2) is 14.4 Å². The summed E-state index contributed by atoms with van der Waals surface area (Å²) in [6, 6.07) is 6.73. The normalized spacial score (nSPS) is 11.1. The highest BCUT2D eigenvalue weighted by molar-refractivity contribution is 6.29. The molecule has 0 spiro atoms. The lowest BCUT2D eigenvalue weighted by atomic mass is 10.1. The first kappa shape index (κ1) is 13.9. The molecule has 0 bridgehead atoms. The first-order valence-corrected chi connectivity index (χ1v) is 6.63. The Bertz CT molecular complexity index is 597. The molecule has 2 rings (SSSR count). The lowest BCUT2D eigenvalue weighted by Gasteiger charge is -2.08. The minimum atomic E-state index is -0.258. The van der Waals surface area contributed by atoms with Crippen molar-refractivity contribution < 1.29 is 4.39 Å². The van der Waals surface area contributed by atoms with Crippen LogP contribution in [0.15, 0.2) is 24.3 Å². The Morgan fingerprint density at radius 3 is 2.58 bits per heavy atom. The standard InChI is InChI=1S/C15H16ClFN2/c1-9(2)6-12-8-14(16)19-15(18-12)11-5-4-10(3)13(17)7-11/h4-5,7-9H,6H2,1-3H3. The molecule has 4 heteroatoms. The van der Waals surface area contributed by atoms with Crippen molar-refractivity contribution in [3.63, 3.8) is 0 Å². The summed E-state index contributed by atoms with van der Waals surface area (Å²) < 4.78 is 13.6. The summed E-state index contributed by atoms with van der Waals surface area (Å²) in [5, 5.41) is 0.390. The summed E-state index contributed by atoms with van der Waals surface area (Å²) in [4.78, 5) is 8.62. The van der Waals surface area contributed by atoms with E-state index in [1.165, 1.54) is 6.07 Å². The van der Waals surface area contributed by atoms with Crippen LogP contribution in [-0.4, -0.2) is 9.97 Å². The van der Waals surface area contributed by atoms with Crippen LogP contribution in [0.3, 0.4) is 0 Å². The molecule has 0 unspecified atom stereocenters. The third-order valence-corrected chi connectivity index (χ3v) is 2.99. The maximum absolute atomic E-state index is 13.6. The molecule has 0 aliphatic heterocycles. The zero-order valence-electron chi connectivity index (χ0n) is 11.2. The molecule has 1 aromatic carbocycles. The van der Waals surface area contributed by atoms with E-state index in [2.05, 4.69) is 23.8 Å². The summed E-state index contributed by atoms with van der Waals surface area (Å²) >= 11 is 6.01. The Morgan fingerprint density at radius 2 is 1.95 bits per heavy atom. The largest absolute Gasteiger partial charge is 0.233 e. The monoisotopic (exact) mass is 278 g/mol. The molecular formula is C15H16ClFN2. The van der Waals surface area contributed by atoms with Crippen molar-refractivity contribution in [3.05, 3.63) is 46.5 Å². The number of benzene rings is 1. The zero-order valence-corrected chi connectivity index (χ0v) is 12.0. The Labute approximate surface area is 117 Å². The van der Waals surface area contributed by atoms with Crippen LogP contribution in [0.25, 0.3) is 11.4 Å². The molecular weight excluding hydrogens is 263 g/mol. The van der Waals surface area contributed by atoms with Gasteiger partial charge in [0, 0.05) is 11.3 Å². The van der Waals surface area contributed by atoms with Gasteiger partial charge in [0.05, 0.1) is 0 Å². The SMILES string of the molecule is Cc1ccc(-c2nc(Cl)cc(CC(C)C)n2)cc1F. The number of aryl methyl sites for hydroxylation is 1. The Balaban J connectivity index is 2.43. The quantitative estimate of drug-likeness (QED) is 0.776. The number of nitrogens with zero attached hydrogens (tertiary/aromatic N) is 2. The Kier molecular flexibility index (Phi) is 4.15. The summed E-state index contributed by atoms with van der Waals surface area (Å²) in [5.41, 5.74) is 2.13. The smallest absolute Gasteiger partial charge is 0.161 e. The van der Waals surface area contributed by atoms with Crippen LogP contribution in [0, 0.1) is 18.7 Å². The van der Waals surface area contributed by atoms with Gasteiger partial charge in [-0.1, -0.05) is 37.6 Å². The summed E-state index contributed by atoms with van der Waals surface area (Å²) in [5.74, 6) is 0.696. The Hall–Kier alpha value is -1.48. The number of aromatic nitrogens is 2. The van der Waals surface area contributed by atoms with E-state index < -0.39 is 0 Å². The molecule has 0 atom stereocenters. The van der Waals surface area contributed by atoms with Crippen molar-refractivity contribution in [2.75, 3.05) is 0 Å². The fraction of sp³-hybridized carbons (Fsp3) is 0.333. The van der Waals surface area contributed by atoms with Gasteiger partial charge in [0.2, 0.25) is 0 Å². The third-order valence-electron chi connectivity index (χ3n) is 2.80. The Morgan fingerprint density at radius 1 is 1.21 bits per heavy atom. The van der Waals surface area contributed by atoms with Crippen LogP contribution >= 0.6 is 11.6 Å². The van der Waals surface area contributed by atoms with Crippen molar-refractivity contribution in [3.8, 4) is 11.4 Å².